The summed E-state index contributed by atoms with van der Waals surface area (Å²) in [6.45, 7) is 6.44. The molecule has 1 heterocycles. The molecule has 1 aromatic heterocycles. The van der Waals surface area contributed by atoms with E-state index in [4.69, 9.17) is 0 Å². The van der Waals surface area contributed by atoms with E-state index in [2.05, 4.69) is 40.8 Å². The van der Waals surface area contributed by atoms with E-state index in [9.17, 15) is 4.79 Å². The van der Waals surface area contributed by atoms with Crippen molar-refractivity contribution in [1.29, 1.82) is 0 Å². The number of amides is 1. The standard InChI is InChI=1S/C14H18BrNOS/c1-3-10-4-5-12-11(6-10)7-13(18-12)14(17)16-8-9(2)15/h7,10H,2-6,8H2,1H3,(H,16,17). The molecule has 18 heavy (non-hydrogen) atoms. The fourth-order valence-electron chi connectivity index (χ4n) is 2.32. The van der Waals surface area contributed by atoms with Crippen molar-refractivity contribution in [2.45, 2.75) is 32.6 Å². The Morgan fingerprint density at radius 2 is 2.44 bits per heavy atom. The smallest absolute Gasteiger partial charge is 0.261 e. The van der Waals surface area contributed by atoms with Crippen molar-refractivity contribution >= 4 is 33.2 Å². The maximum Gasteiger partial charge on any atom is 0.261 e. The molecule has 1 amide bonds. The number of thiophene rings is 1. The Morgan fingerprint density at radius 3 is 3.11 bits per heavy atom. The molecule has 2 rings (SSSR count). The Morgan fingerprint density at radius 1 is 1.67 bits per heavy atom. The monoisotopic (exact) mass is 327 g/mol. The molecule has 1 aliphatic carbocycles. The van der Waals surface area contributed by atoms with Gasteiger partial charge in [-0.05, 0) is 36.8 Å². The molecule has 98 valence electrons. The number of fused-ring (bicyclic) bond motifs is 1. The summed E-state index contributed by atoms with van der Waals surface area (Å²) in [4.78, 5) is 14.2. The molecule has 0 saturated heterocycles. The zero-order valence-corrected chi connectivity index (χ0v) is 13.0. The third-order valence-corrected chi connectivity index (χ3v) is 4.94. The van der Waals surface area contributed by atoms with Crippen molar-refractivity contribution in [1.82, 2.24) is 5.32 Å². The van der Waals surface area contributed by atoms with Crippen molar-refractivity contribution in [2.24, 2.45) is 5.92 Å². The zero-order valence-electron chi connectivity index (χ0n) is 10.6. The molecular weight excluding hydrogens is 310 g/mol. The summed E-state index contributed by atoms with van der Waals surface area (Å²) in [7, 11) is 0. The van der Waals surface area contributed by atoms with Gasteiger partial charge in [-0.2, -0.15) is 0 Å². The van der Waals surface area contributed by atoms with Crippen LogP contribution in [0.15, 0.2) is 17.1 Å². The average molecular weight is 328 g/mol. The van der Waals surface area contributed by atoms with Crippen LogP contribution in [0.5, 0.6) is 0 Å². The summed E-state index contributed by atoms with van der Waals surface area (Å²) in [5, 5.41) is 2.86. The van der Waals surface area contributed by atoms with Crippen LogP contribution >= 0.6 is 27.3 Å². The second kappa shape index (κ2) is 6.02. The summed E-state index contributed by atoms with van der Waals surface area (Å²) in [5.41, 5.74) is 1.39. The number of carbonyl (C=O) groups is 1. The van der Waals surface area contributed by atoms with E-state index >= 15 is 0 Å². The molecule has 1 aromatic rings. The molecule has 1 N–H and O–H groups in total. The Balaban J connectivity index is 2.05. The van der Waals surface area contributed by atoms with Gasteiger partial charge >= 0.3 is 0 Å². The first-order chi connectivity index (χ1) is 8.60. The molecule has 0 spiro atoms. The minimum atomic E-state index is 0.0167. The predicted molar refractivity (Wildman–Crippen MR) is 80.5 cm³/mol. The van der Waals surface area contributed by atoms with E-state index in [1.807, 2.05) is 0 Å². The maximum absolute atomic E-state index is 12.0. The fourth-order valence-corrected chi connectivity index (χ4v) is 3.59. The van der Waals surface area contributed by atoms with Gasteiger partial charge in [-0.15, -0.1) is 11.3 Å². The predicted octanol–water partition coefficient (Wildman–Crippen LogP) is 3.90. The Hall–Kier alpha value is -0.610. The van der Waals surface area contributed by atoms with E-state index < -0.39 is 0 Å². The first-order valence-corrected chi connectivity index (χ1v) is 7.94. The van der Waals surface area contributed by atoms with Gasteiger partial charge < -0.3 is 5.32 Å². The van der Waals surface area contributed by atoms with Crippen molar-refractivity contribution in [2.75, 3.05) is 6.54 Å². The molecule has 0 saturated carbocycles. The number of hydrogen-bond acceptors (Lipinski definition) is 2. The zero-order chi connectivity index (χ0) is 13.1. The van der Waals surface area contributed by atoms with Gasteiger partial charge in [-0.25, -0.2) is 0 Å². The number of aryl methyl sites for hydroxylation is 1. The van der Waals surface area contributed by atoms with Crippen molar-refractivity contribution in [3.63, 3.8) is 0 Å². The molecule has 4 heteroatoms. The third-order valence-electron chi connectivity index (χ3n) is 3.43. The number of carbonyl (C=O) groups excluding carboxylic acids is 1. The first kappa shape index (κ1) is 13.8. The lowest BCUT2D eigenvalue weighted by Gasteiger charge is -2.19. The number of rotatable bonds is 4. The molecule has 0 radical (unpaired) electrons. The second-order valence-electron chi connectivity index (χ2n) is 4.78. The van der Waals surface area contributed by atoms with Gasteiger partial charge in [0, 0.05) is 15.9 Å². The van der Waals surface area contributed by atoms with Gasteiger partial charge in [-0.1, -0.05) is 35.9 Å². The lowest BCUT2D eigenvalue weighted by atomic mass is 9.87. The highest BCUT2D eigenvalue weighted by Gasteiger charge is 2.21. The van der Waals surface area contributed by atoms with E-state index in [1.54, 1.807) is 11.3 Å². The fraction of sp³-hybridized carbons (Fsp3) is 0.500. The van der Waals surface area contributed by atoms with Crippen LogP contribution in [0.4, 0.5) is 0 Å². The summed E-state index contributed by atoms with van der Waals surface area (Å²) >= 11 is 4.89. The molecule has 0 fully saturated rings. The quantitative estimate of drug-likeness (QED) is 0.892. The van der Waals surface area contributed by atoms with Crippen LogP contribution in [0.3, 0.4) is 0 Å². The van der Waals surface area contributed by atoms with Crippen LogP contribution in [-0.4, -0.2) is 12.5 Å². The lowest BCUT2D eigenvalue weighted by molar-refractivity contribution is 0.0961. The summed E-state index contributed by atoms with van der Waals surface area (Å²) in [6, 6.07) is 2.08. The van der Waals surface area contributed by atoms with Crippen molar-refractivity contribution < 1.29 is 4.79 Å². The summed E-state index contributed by atoms with van der Waals surface area (Å²) in [5.74, 6) is 0.813. The molecule has 2 nitrogen and oxygen atoms in total. The van der Waals surface area contributed by atoms with Gasteiger partial charge in [0.2, 0.25) is 0 Å². The number of hydrogen-bond donors (Lipinski definition) is 1. The van der Waals surface area contributed by atoms with E-state index in [0.717, 1.165) is 28.1 Å². The van der Waals surface area contributed by atoms with Crippen molar-refractivity contribution in [3.8, 4) is 0 Å². The highest BCUT2D eigenvalue weighted by molar-refractivity contribution is 9.11. The molecule has 0 bridgehead atoms. The molecular formula is C14H18BrNOS. The number of halogens is 1. The largest absolute Gasteiger partial charge is 0.347 e. The SMILES string of the molecule is C=C(Br)CNC(=O)c1cc2c(s1)CCC(CC)C2. The van der Waals surface area contributed by atoms with Gasteiger partial charge in [0.05, 0.1) is 4.88 Å². The van der Waals surface area contributed by atoms with Crippen LogP contribution in [0, 0.1) is 5.92 Å². The number of nitrogens with one attached hydrogen (secondary N) is 1. The molecule has 0 aliphatic heterocycles. The maximum atomic E-state index is 12.0. The van der Waals surface area contributed by atoms with Gasteiger partial charge in [0.25, 0.3) is 5.91 Å². The van der Waals surface area contributed by atoms with E-state index in [-0.39, 0.29) is 5.91 Å². The van der Waals surface area contributed by atoms with Crippen LogP contribution in [0.2, 0.25) is 0 Å². The second-order valence-corrected chi connectivity index (χ2v) is 7.03. The lowest BCUT2D eigenvalue weighted by Crippen LogP contribution is -2.23. The van der Waals surface area contributed by atoms with Gasteiger partial charge in [-0.3, -0.25) is 4.79 Å². The van der Waals surface area contributed by atoms with Gasteiger partial charge in [0.15, 0.2) is 0 Å². The topological polar surface area (TPSA) is 29.1 Å². The normalized spacial score (nSPS) is 18.2. The average Bonchev–Trinajstić information content (AvgIpc) is 2.78. The molecule has 1 unspecified atom stereocenters. The summed E-state index contributed by atoms with van der Waals surface area (Å²) < 4.78 is 0.795. The Kier molecular flexibility index (Phi) is 4.62. The highest BCUT2D eigenvalue weighted by Crippen LogP contribution is 2.33. The first-order valence-electron chi connectivity index (χ1n) is 6.33. The Bertz CT molecular complexity index is 466. The van der Waals surface area contributed by atoms with Gasteiger partial charge in [0.1, 0.15) is 0 Å². The van der Waals surface area contributed by atoms with Crippen LogP contribution in [0.25, 0.3) is 0 Å². The van der Waals surface area contributed by atoms with E-state index in [0.29, 0.717) is 6.54 Å². The van der Waals surface area contributed by atoms with Crippen LogP contribution in [-0.2, 0) is 12.8 Å². The van der Waals surface area contributed by atoms with Crippen LogP contribution < -0.4 is 5.32 Å². The molecule has 1 aliphatic rings. The Labute approximate surface area is 121 Å². The van der Waals surface area contributed by atoms with Crippen molar-refractivity contribution in [3.05, 3.63) is 32.4 Å². The highest BCUT2D eigenvalue weighted by atomic mass is 79.9. The summed E-state index contributed by atoms with van der Waals surface area (Å²) in [6.07, 6.45) is 4.78. The minimum Gasteiger partial charge on any atom is -0.347 e. The third kappa shape index (κ3) is 3.23. The molecule has 0 aromatic carbocycles. The van der Waals surface area contributed by atoms with Crippen LogP contribution in [0.1, 0.15) is 39.9 Å². The van der Waals surface area contributed by atoms with E-state index in [1.165, 1.54) is 23.3 Å². The molecule has 1 atom stereocenters. The minimum absolute atomic E-state index is 0.0167.